The average molecular weight is 397 g/mol. The predicted octanol–water partition coefficient (Wildman–Crippen LogP) is 7.75. The topological polar surface area (TPSA) is 38.8 Å². The summed E-state index contributed by atoms with van der Waals surface area (Å²) in [5.41, 5.74) is 0. The van der Waals surface area contributed by atoms with Crippen molar-refractivity contribution in [2.24, 2.45) is 0 Å². The standard InChI is InChI=1S/C25H48O3/c1-3-5-7-9-10-11-12-13-14-15-16-17-19-21-23-24(28-23)25(26)27-22-20-18-8-6-4-2/h23-24H,3-22H2,1-2H3. The summed E-state index contributed by atoms with van der Waals surface area (Å²) in [6.07, 6.45) is 24.7. The molecule has 0 aromatic carbocycles. The molecular weight excluding hydrogens is 348 g/mol. The van der Waals surface area contributed by atoms with Crippen molar-refractivity contribution in [2.45, 2.75) is 148 Å². The van der Waals surface area contributed by atoms with Crippen LogP contribution in [0.2, 0.25) is 0 Å². The number of carbonyl (C=O) groups is 1. The molecule has 166 valence electrons. The molecular formula is C25H48O3. The zero-order valence-corrected chi connectivity index (χ0v) is 19.0. The van der Waals surface area contributed by atoms with Crippen molar-refractivity contribution in [1.29, 1.82) is 0 Å². The van der Waals surface area contributed by atoms with E-state index in [4.69, 9.17) is 9.47 Å². The van der Waals surface area contributed by atoms with Crippen LogP contribution in [0.4, 0.5) is 0 Å². The molecule has 3 heteroatoms. The Bertz CT molecular complexity index is 356. The third kappa shape index (κ3) is 14.4. The van der Waals surface area contributed by atoms with Gasteiger partial charge in [0.25, 0.3) is 0 Å². The zero-order chi connectivity index (χ0) is 20.3. The molecule has 0 aliphatic carbocycles. The maximum atomic E-state index is 11.9. The molecule has 1 aliphatic rings. The van der Waals surface area contributed by atoms with Crippen molar-refractivity contribution in [1.82, 2.24) is 0 Å². The minimum absolute atomic E-state index is 0.129. The molecule has 1 aliphatic heterocycles. The summed E-state index contributed by atoms with van der Waals surface area (Å²) >= 11 is 0. The number of esters is 1. The second-order valence-electron chi connectivity index (χ2n) is 8.71. The van der Waals surface area contributed by atoms with Crippen molar-refractivity contribution in [3.05, 3.63) is 0 Å². The number of carbonyl (C=O) groups excluding carboxylic acids is 1. The lowest BCUT2D eigenvalue weighted by molar-refractivity contribution is -0.145. The Balaban J connectivity index is 1.78. The Labute approximate surface area is 175 Å². The van der Waals surface area contributed by atoms with E-state index in [0.29, 0.717) is 6.61 Å². The van der Waals surface area contributed by atoms with E-state index in [1.54, 1.807) is 0 Å². The van der Waals surface area contributed by atoms with E-state index < -0.39 is 0 Å². The van der Waals surface area contributed by atoms with Gasteiger partial charge in [-0.25, -0.2) is 4.79 Å². The van der Waals surface area contributed by atoms with Gasteiger partial charge in [0.05, 0.1) is 12.7 Å². The Morgan fingerprint density at radius 1 is 0.643 bits per heavy atom. The summed E-state index contributed by atoms with van der Waals surface area (Å²) in [5.74, 6) is -0.129. The molecule has 1 saturated heterocycles. The molecule has 28 heavy (non-hydrogen) atoms. The predicted molar refractivity (Wildman–Crippen MR) is 119 cm³/mol. The number of hydrogen-bond acceptors (Lipinski definition) is 3. The van der Waals surface area contributed by atoms with Crippen molar-refractivity contribution < 1.29 is 14.3 Å². The van der Waals surface area contributed by atoms with Crippen molar-refractivity contribution in [2.75, 3.05) is 6.61 Å². The first-order chi connectivity index (χ1) is 13.8. The van der Waals surface area contributed by atoms with E-state index >= 15 is 0 Å². The Morgan fingerprint density at radius 3 is 1.57 bits per heavy atom. The normalized spacial score (nSPS) is 18.4. The monoisotopic (exact) mass is 396 g/mol. The average Bonchev–Trinajstić information content (AvgIpc) is 3.48. The molecule has 1 heterocycles. The van der Waals surface area contributed by atoms with Crippen LogP contribution in [0, 0.1) is 0 Å². The lowest BCUT2D eigenvalue weighted by Gasteiger charge is -2.03. The molecule has 0 aromatic heterocycles. The second kappa shape index (κ2) is 18.5. The molecule has 1 fully saturated rings. The first-order valence-corrected chi connectivity index (χ1v) is 12.6. The molecule has 0 bridgehead atoms. The lowest BCUT2D eigenvalue weighted by atomic mass is 10.0. The molecule has 0 aromatic rings. The number of hydrogen-bond donors (Lipinski definition) is 0. The minimum Gasteiger partial charge on any atom is -0.464 e. The third-order valence-electron chi connectivity index (χ3n) is 5.90. The molecule has 2 unspecified atom stereocenters. The van der Waals surface area contributed by atoms with Gasteiger partial charge in [0.2, 0.25) is 0 Å². The van der Waals surface area contributed by atoms with Crippen LogP contribution in [-0.4, -0.2) is 24.8 Å². The van der Waals surface area contributed by atoms with Gasteiger partial charge in [-0.15, -0.1) is 0 Å². The van der Waals surface area contributed by atoms with Crippen LogP contribution in [0.15, 0.2) is 0 Å². The molecule has 2 atom stereocenters. The van der Waals surface area contributed by atoms with Gasteiger partial charge < -0.3 is 9.47 Å². The fraction of sp³-hybridized carbons (Fsp3) is 0.960. The Kier molecular flexibility index (Phi) is 16.8. The molecule has 1 rings (SSSR count). The van der Waals surface area contributed by atoms with Gasteiger partial charge in [0.15, 0.2) is 6.10 Å². The number of epoxide rings is 1. The van der Waals surface area contributed by atoms with Crippen molar-refractivity contribution in [3.63, 3.8) is 0 Å². The highest BCUT2D eigenvalue weighted by Gasteiger charge is 2.45. The minimum atomic E-state index is -0.257. The first kappa shape index (κ1) is 25.5. The smallest absolute Gasteiger partial charge is 0.338 e. The maximum Gasteiger partial charge on any atom is 0.338 e. The zero-order valence-electron chi connectivity index (χ0n) is 19.0. The van der Waals surface area contributed by atoms with E-state index in [1.807, 2.05) is 0 Å². The van der Waals surface area contributed by atoms with E-state index in [1.165, 1.54) is 103 Å². The molecule has 0 radical (unpaired) electrons. The Morgan fingerprint density at radius 2 is 1.07 bits per heavy atom. The third-order valence-corrected chi connectivity index (χ3v) is 5.90. The number of ether oxygens (including phenoxy) is 2. The van der Waals surface area contributed by atoms with Crippen LogP contribution in [0.5, 0.6) is 0 Å². The van der Waals surface area contributed by atoms with Gasteiger partial charge in [-0.2, -0.15) is 0 Å². The second-order valence-corrected chi connectivity index (χ2v) is 8.71. The SMILES string of the molecule is CCCCCCCCCCCCCCCC1OC1C(=O)OCCCCCCC. The summed E-state index contributed by atoms with van der Waals surface area (Å²) in [6, 6.07) is 0. The van der Waals surface area contributed by atoms with E-state index in [0.717, 1.165) is 19.3 Å². The summed E-state index contributed by atoms with van der Waals surface area (Å²) in [7, 11) is 0. The quantitative estimate of drug-likeness (QED) is 0.113. The molecule has 3 nitrogen and oxygen atoms in total. The van der Waals surface area contributed by atoms with Crippen LogP contribution in [0.1, 0.15) is 136 Å². The van der Waals surface area contributed by atoms with Gasteiger partial charge >= 0.3 is 5.97 Å². The van der Waals surface area contributed by atoms with Gasteiger partial charge in [0.1, 0.15) is 0 Å². The van der Waals surface area contributed by atoms with Crippen molar-refractivity contribution >= 4 is 5.97 Å². The Hall–Kier alpha value is -0.570. The highest BCUT2D eigenvalue weighted by molar-refractivity contribution is 5.77. The van der Waals surface area contributed by atoms with Crippen LogP contribution in [0.25, 0.3) is 0 Å². The van der Waals surface area contributed by atoms with Crippen LogP contribution in [0.3, 0.4) is 0 Å². The van der Waals surface area contributed by atoms with Gasteiger partial charge in [-0.3, -0.25) is 0 Å². The highest BCUT2D eigenvalue weighted by Crippen LogP contribution is 2.28. The van der Waals surface area contributed by atoms with Crippen LogP contribution in [-0.2, 0) is 14.3 Å². The fourth-order valence-electron chi connectivity index (χ4n) is 3.89. The summed E-state index contributed by atoms with van der Waals surface area (Å²) in [6.45, 7) is 5.05. The van der Waals surface area contributed by atoms with Gasteiger partial charge in [-0.1, -0.05) is 123 Å². The van der Waals surface area contributed by atoms with Gasteiger partial charge in [0, 0.05) is 0 Å². The number of unbranched alkanes of at least 4 members (excludes halogenated alkanes) is 16. The van der Waals surface area contributed by atoms with E-state index in [-0.39, 0.29) is 18.2 Å². The highest BCUT2D eigenvalue weighted by atomic mass is 16.6. The van der Waals surface area contributed by atoms with Crippen molar-refractivity contribution in [3.8, 4) is 0 Å². The molecule has 0 amide bonds. The van der Waals surface area contributed by atoms with Gasteiger partial charge in [-0.05, 0) is 12.8 Å². The summed E-state index contributed by atoms with van der Waals surface area (Å²) < 4.78 is 10.8. The maximum absolute atomic E-state index is 11.9. The molecule has 0 saturated carbocycles. The summed E-state index contributed by atoms with van der Waals surface area (Å²) in [4.78, 5) is 11.9. The lowest BCUT2D eigenvalue weighted by Crippen LogP contribution is -2.14. The van der Waals surface area contributed by atoms with E-state index in [2.05, 4.69) is 13.8 Å². The molecule has 0 N–H and O–H groups in total. The van der Waals surface area contributed by atoms with Crippen LogP contribution < -0.4 is 0 Å². The first-order valence-electron chi connectivity index (χ1n) is 12.6. The van der Waals surface area contributed by atoms with E-state index in [9.17, 15) is 4.79 Å². The fourth-order valence-corrected chi connectivity index (χ4v) is 3.89. The number of rotatable bonds is 21. The molecule has 0 spiro atoms. The summed E-state index contributed by atoms with van der Waals surface area (Å²) in [5, 5.41) is 0. The largest absolute Gasteiger partial charge is 0.464 e. The van der Waals surface area contributed by atoms with Crippen LogP contribution >= 0.6 is 0 Å².